The minimum atomic E-state index is -4.71. The Bertz CT molecular complexity index is 880. The lowest BCUT2D eigenvalue weighted by Gasteiger charge is -2.16. The molecule has 0 saturated carbocycles. The lowest BCUT2D eigenvalue weighted by molar-refractivity contribution is -0.138. The van der Waals surface area contributed by atoms with Crippen molar-refractivity contribution >= 4 is 29.4 Å². The summed E-state index contributed by atoms with van der Waals surface area (Å²) in [5.74, 6) is -1.61. The highest BCUT2D eigenvalue weighted by molar-refractivity contribution is 6.31. The minimum Gasteiger partial charge on any atom is -0.479 e. The second-order valence-corrected chi connectivity index (χ2v) is 5.87. The summed E-state index contributed by atoms with van der Waals surface area (Å²) in [6.45, 7) is 3.06. The van der Waals surface area contributed by atoms with Gasteiger partial charge in [0.1, 0.15) is 11.5 Å². The number of hydrogen-bond donors (Lipinski definition) is 2. The summed E-state index contributed by atoms with van der Waals surface area (Å²) in [6.07, 6.45) is -5.72. The van der Waals surface area contributed by atoms with Gasteiger partial charge in [-0.1, -0.05) is 11.6 Å². The zero-order chi connectivity index (χ0) is 21.1. The summed E-state index contributed by atoms with van der Waals surface area (Å²) in [5.41, 5.74) is -1.27. The van der Waals surface area contributed by atoms with Crippen LogP contribution in [-0.2, 0) is 15.7 Å². The van der Waals surface area contributed by atoms with Gasteiger partial charge in [-0.2, -0.15) is 13.2 Å². The lowest BCUT2D eigenvalue weighted by Crippen LogP contribution is -2.20. The summed E-state index contributed by atoms with van der Waals surface area (Å²) in [4.78, 5) is 23.0. The van der Waals surface area contributed by atoms with E-state index in [1.54, 1.807) is 6.92 Å². The van der Waals surface area contributed by atoms with Gasteiger partial charge in [0.25, 0.3) is 0 Å². The van der Waals surface area contributed by atoms with Gasteiger partial charge in [0.15, 0.2) is 11.8 Å². The van der Waals surface area contributed by atoms with Crippen molar-refractivity contribution in [3.05, 3.63) is 46.4 Å². The number of furan rings is 1. The minimum absolute atomic E-state index is 0.0694. The fourth-order valence-corrected chi connectivity index (χ4v) is 2.45. The van der Waals surface area contributed by atoms with Crippen molar-refractivity contribution in [2.75, 3.05) is 11.9 Å². The summed E-state index contributed by atoms with van der Waals surface area (Å²) < 4.78 is 53.7. The molecule has 1 aromatic heterocycles. The SMILES string of the molecule is CCOC(=O)Oc1cc(C(Nc2ccc(Cl)c(C(F)(F)F)c2)C(=O)O)oc1C. The number of carbonyl (C=O) groups is 2. The fourth-order valence-electron chi connectivity index (χ4n) is 2.22. The average molecular weight is 422 g/mol. The molecule has 1 unspecified atom stereocenters. The first-order valence-corrected chi connectivity index (χ1v) is 8.21. The van der Waals surface area contributed by atoms with Gasteiger partial charge in [0, 0.05) is 11.8 Å². The first kappa shape index (κ1) is 21.4. The molecule has 0 spiro atoms. The van der Waals surface area contributed by atoms with Crippen LogP contribution >= 0.6 is 11.6 Å². The van der Waals surface area contributed by atoms with Crippen LogP contribution in [0.5, 0.6) is 5.75 Å². The van der Waals surface area contributed by atoms with Crippen LogP contribution < -0.4 is 10.1 Å². The summed E-state index contributed by atoms with van der Waals surface area (Å²) >= 11 is 5.55. The Morgan fingerprint density at radius 2 is 2.00 bits per heavy atom. The smallest absolute Gasteiger partial charge is 0.479 e. The topological polar surface area (TPSA) is 98.0 Å². The zero-order valence-corrected chi connectivity index (χ0v) is 15.4. The highest BCUT2D eigenvalue weighted by atomic mass is 35.5. The number of nitrogens with one attached hydrogen (secondary N) is 1. The van der Waals surface area contributed by atoms with Crippen molar-refractivity contribution in [2.24, 2.45) is 0 Å². The van der Waals surface area contributed by atoms with E-state index >= 15 is 0 Å². The maximum absolute atomic E-state index is 13.0. The van der Waals surface area contributed by atoms with Gasteiger partial charge in [0.2, 0.25) is 0 Å². The van der Waals surface area contributed by atoms with Crippen LogP contribution in [-0.4, -0.2) is 23.8 Å². The van der Waals surface area contributed by atoms with Crippen LogP contribution in [0.3, 0.4) is 0 Å². The van der Waals surface area contributed by atoms with E-state index in [0.29, 0.717) is 6.07 Å². The number of carbonyl (C=O) groups excluding carboxylic acids is 1. The molecule has 152 valence electrons. The van der Waals surface area contributed by atoms with Crippen LogP contribution in [0.1, 0.15) is 30.0 Å². The molecular weight excluding hydrogens is 407 g/mol. The van der Waals surface area contributed by atoms with Gasteiger partial charge < -0.3 is 24.3 Å². The first-order valence-electron chi connectivity index (χ1n) is 7.84. The molecule has 0 bridgehead atoms. The highest BCUT2D eigenvalue weighted by Gasteiger charge is 2.34. The summed E-state index contributed by atoms with van der Waals surface area (Å²) in [6, 6.07) is 2.46. The van der Waals surface area contributed by atoms with E-state index in [1.807, 2.05) is 0 Å². The number of benzene rings is 1. The fraction of sp³-hybridized carbons (Fsp3) is 0.294. The number of ether oxygens (including phenoxy) is 2. The maximum atomic E-state index is 13.0. The third kappa shape index (κ3) is 5.10. The second kappa shape index (κ2) is 8.42. The number of anilines is 1. The Morgan fingerprint density at radius 1 is 1.32 bits per heavy atom. The number of halogens is 4. The first-order chi connectivity index (χ1) is 13.0. The molecule has 2 N–H and O–H groups in total. The number of aliphatic carboxylic acids is 1. The molecule has 1 heterocycles. The monoisotopic (exact) mass is 421 g/mol. The zero-order valence-electron chi connectivity index (χ0n) is 14.6. The molecular formula is C17H15ClF3NO6. The number of rotatable bonds is 6. The van der Waals surface area contributed by atoms with Gasteiger partial charge in [0.05, 0.1) is 17.2 Å². The molecule has 0 aliphatic carbocycles. The van der Waals surface area contributed by atoms with E-state index in [0.717, 1.165) is 12.1 Å². The van der Waals surface area contributed by atoms with Gasteiger partial charge in [-0.15, -0.1) is 0 Å². The van der Waals surface area contributed by atoms with Crippen LogP contribution in [0, 0.1) is 6.92 Å². The Labute approximate surface area is 162 Å². The molecule has 2 aromatic rings. The standard InChI is InChI=1S/C17H15ClF3NO6/c1-3-26-16(25)28-12-7-13(27-8(12)2)14(15(23)24)22-9-4-5-11(18)10(6-9)17(19,20)21/h4-7,14,22H,3H2,1-2H3,(H,23,24). The third-order valence-corrected chi connectivity index (χ3v) is 3.79. The van der Waals surface area contributed by atoms with Crippen LogP contribution in [0.25, 0.3) is 0 Å². The molecule has 0 radical (unpaired) electrons. The van der Waals surface area contributed by atoms with E-state index in [4.69, 9.17) is 20.8 Å². The number of carboxylic acid groups (broad SMARTS) is 1. The van der Waals surface area contributed by atoms with E-state index in [2.05, 4.69) is 10.1 Å². The number of hydrogen-bond acceptors (Lipinski definition) is 6. The Morgan fingerprint density at radius 3 is 2.57 bits per heavy atom. The van der Waals surface area contributed by atoms with Gasteiger partial charge in [-0.25, -0.2) is 9.59 Å². The normalized spacial score (nSPS) is 12.4. The molecule has 0 aliphatic rings. The molecule has 0 amide bonds. The van der Waals surface area contributed by atoms with Gasteiger partial charge >= 0.3 is 18.3 Å². The van der Waals surface area contributed by atoms with Crippen LogP contribution in [0.2, 0.25) is 5.02 Å². The molecule has 1 atom stereocenters. The predicted molar refractivity (Wildman–Crippen MR) is 91.5 cm³/mol. The molecule has 0 saturated heterocycles. The van der Waals surface area contributed by atoms with Crippen molar-refractivity contribution < 1.29 is 41.8 Å². The van der Waals surface area contributed by atoms with Crippen molar-refractivity contribution in [1.29, 1.82) is 0 Å². The van der Waals surface area contributed by atoms with Crippen molar-refractivity contribution in [3.63, 3.8) is 0 Å². The molecule has 0 fully saturated rings. The number of aryl methyl sites for hydroxylation is 1. The summed E-state index contributed by atoms with van der Waals surface area (Å²) in [5, 5.41) is 11.3. The predicted octanol–water partition coefficient (Wildman–Crippen LogP) is 5.03. The van der Waals surface area contributed by atoms with Crippen molar-refractivity contribution in [3.8, 4) is 5.75 Å². The van der Waals surface area contributed by atoms with E-state index in [1.165, 1.54) is 13.0 Å². The van der Waals surface area contributed by atoms with E-state index < -0.39 is 34.9 Å². The maximum Gasteiger partial charge on any atom is 0.513 e. The summed E-state index contributed by atoms with van der Waals surface area (Å²) in [7, 11) is 0. The third-order valence-electron chi connectivity index (χ3n) is 3.46. The van der Waals surface area contributed by atoms with E-state index in [9.17, 15) is 27.9 Å². The van der Waals surface area contributed by atoms with Crippen molar-refractivity contribution in [1.82, 2.24) is 0 Å². The lowest BCUT2D eigenvalue weighted by atomic mass is 10.1. The second-order valence-electron chi connectivity index (χ2n) is 5.46. The average Bonchev–Trinajstić information content (AvgIpc) is 2.93. The van der Waals surface area contributed by atoms with Crippen molar-refractivity contribution in [2.45, 2.75) is 26.1 Å². The molecule has 28 heavy (non-hydrogen) atoms. The van der Waals surface area contributed by atoms with Gasteiger partial charge in [-0.3, -0.25) is 0 Å². The molecule has 1 aromatic carbocycles. The number of alkyl halides is 3. The molecule has 0 aliphatic heterocycles. The Kier molecular flexibility index (Phi) is 6.45. The van der Waals surface area contributed by atoms with Gasteiger partial charge in [-0.05, 0) is 32.0 Å². The highest BCUT2D eigenvalue weighted by Crippen LogP contribution is 2.37. The molecule has 7 nitrogen and oxygen atoms in total. The molecule has 2 rings (SSSR count). The van der Waals surface area contributed by atoms with Crippen LogP contribution in [0.4, 0.5) is 23.7 Å². The molecule has 11 heteroatoms. The quantitative estimate of drug-likeness (QED) is 0.631. The van der Waals surface area contributed by atoms with E-state index in [-0.39, 0.29) is 29.6 Å². The van der Waals surface area contributed by atoms with Crippen LogP contribution in [0.15, 0.2) is 28.7 Å². The Balaban J connectivity index is 2.30. The largest absolute Gasteiger partial charge is 0.513 e. The number of carboxylic acids is 1. The Hall–Kier alpha value is -2.88.